The molecule has 84 valence electrons. The van der Waals surface area contributed by atoms with Crippen LogP contribution in [0, 0.1) is 5.41 Å². The molecule has 0 aromatic rings. The number of carbonyl (C=O) groups is 1. The van der Waals surface area contributed by atoms with E-state index in [2.05, 4.69) is 13.8 Å². The van der Waals surface area contributed by atoms with Crippen molar-refractivity contribution in [3.63, 3.8) is 0 Å². The molecule has 1 aliphatic carbocycles. The highest BCUT2D eigenvalue weighted by Crippen LogP contribution is 2.40. The monoisotopic (exact) mass is 208 g/mol. The zero-order valence-corrected chi connectivity index (χ0v) is 10.0. The van der Waals surface area contributed by atoms with Crippen LogP contribution in [-0.2, 0) is 4.79 Å². The van der Waals surface area contributed by atoms with Crippen LogP contribution in [0.5, 0.6) is 0 Å². The molecule has 2 nitrogen and oxygen atoms in total. The first-order valence-electron chi connectivity index (χ1n) is 5.40. The molecule has 0 spiro atoms. The largest absolute Gasteiger partial charge is 0.393 e. The Hall–Kier alpha value is -0.890. The summed E-state index contributed by atoms with van der Waals surface area (Å²) in [5.74, 6) is 0.0669. The lowest BCUT2D eigenvalue weighted by Gasteiger charge is -2.35. The van der Waals surface area contributed by atoms with E-state index in [0.29, 0.717) is 0 Å². The van der Waals surface area contributed by atoms with Crippen LogP contribution in [0.1, 0.15) is 40.5 Å². The number of rotatable bonds is 2. The first kappa shape index (κ1) is 12.2. The van der Waals surface area contributed by atoms with Crippen molar-refractivity contribution < 1.29 is 9.90 Å². The Kier molecular flexibility index (Phi) is 3.50. The van der Waals surface area contributed by atoms with Gasteiger partial charge in [-0.3, -0.25) is 4.79 Å². The van der Waals surface area contributed by atoms with Gasteiger partial charge >= 0.3 is 0 Å². The Morgan fingerprint density at radius 1 is 1.53 bits per heavy atom. The summed E-state index contributed by atoms with van der Waals surface area (Å²) in [5.41, 5.74) is 2.35. The predicted molar refractivity (Wildman–Crippen MR) is 61.5 cm³/mol. The molecule has 15 heavy (non-hydrogen) atoms. The topological polar surface area (TPSA) is 37.3 Å². The van der Waals surface area contributed by atoms with Gasteiger partial charge in [-0.1, -0.05) is 25.5 Å². The second kappa shape index (κ2) is 4.31. The van der Waals surface area contributed by atoms with E-state index in [1.807, 2.05) is 13.0 Å². The molecule has 1 aliphatic rings. The lowest BCUT2D eigenvalue weighted by Crippen LogP contribution is -2.28. The average molecular weight is 208 g/mol. The van der Waals surface area contributed by atoms with E-state index in [0.717, 1.165) is 12.8 Å². The molecule has 2 heteroatoms. The zero-order chi connectivity index (χ0) is 11.6. The molecule has 0 aliphatic heterocycles. The summed E-state index contributed by atoms with van der Waals surface area (Å²) in [7, 11) is 0. The van der Waals surface area contributed by atoms with Crippen LogP contribution in [0.15, 0.2) is 23.3 Å². The molecule has 0 amide bonds. The molecule has 0 saturated carbocycles. The normalized spacial score (nSPS) is 26.1. The highest BCUT2D eigenvalue weighted by atomic mass is 16.3. The summed E-state index contributed by atoms with van der Waals surface area (Å²) in [6.45, 7) is 7.80. The number of hydrogen-bond donors (Lipinski definition) is 1. The summed E-state index contributed by atoms with van der Waals surface area (Å²) in [6, 6.07) is 0. The quantitative estimate of drug-likeness (QED) is 0.708. The van der Waals surface area contributed by atoms with Crippen molar-refractivity contribution in [3.05, 3.63) is 23.3 Å². The van der Waals surface area contributed by atoms with Gasteiger partial charge in [0.05, 0.1) is 6.10 Å². The Labute approximate surface area is 91.7 Å². The van der Waals surface area contributed by atoms with Gasteiger partial charge in [0.2, 0.25) is 0 Å². The van der Waals surface area contributed by atoms with Gasteiger partial charge in [0.15, 0.2) is 5.78 Å². The van der Waals surface area contributed by atoms with E-state index in [4.69, 9.17) is 0 Å². The van der Waals surface area contributed by atoms with Crippen LogP contribution in [-0.4, -0.2) is 17.0 Å². The highest BCUT2D eigenvalue weighted by molar-refractivity contribution is 5.87. The molecule has 0 aromatic heterocycles. The third-order valence-electron chi connectivity index (χ3n) is 2.96. The van der Waals surface area contributed by atoms with Gasteiger partial charge in [0.1, 0.15) is 0 Å². The number of aliphatic hydroxyl groups is 1. The van der Waals surface area contributed by atoms with E-state index in [1.54, 1.807) is 13.0 Å². The lowest BCUT2D eigenvalue weighted by atomic mass is 9.71. The number of allylic oxidation sites excluding steroid dienone is 3. The fourth-order valence-electron chi connectivity index (χ4n) is 2.38. The smallest absolute Gasteiger partial charge is 0.152 e. The summed E-state index contributed by atoms with van der Waals surface area (Å²) in [6.07, 6.45) is 4.76. The summed E-state index contributed by atoms with van der Waals surface area (Å²) in [4.78, 5) is 10.9. The summed E-state index contributed by atoms with van der Waals surface area (Å²) >= 11 is 0. The van der Waals surface area contributed by atoms with Crippen LogP contribution in [0.3, 0.4) is 0 Å². The minimum absolute atomic E-state index is 0.0340. The molecule has 0 aromatic carbocycles. The number of carbonyl (C=O) groups excluding carboxylic acids is 1. The van der Waals surface area contributed by atoms with Crippen molar-refractivity contribution in [2.45, 2.75) is 46.6 Å². The Balaban J connectivity index is 3.01. The number of ketones is 1. The molecule has 1 atom stereocenters. The fraction of sp³-hybridized carbons (Fsp3) is 0.615. The number of aliphatic hydroxyl groups excluding tert-OH is 1. The van der Waals surface area contributed by atoms with Crippen molar-refractivity contribution in [1.29, 1.82) is 0 Å². The Bertz CT molecular complexity index is 321. The van der Waals surface area contributed by atoms with E-state index in [-0.39, 0.29) is 17.3 Å². The first-order chi connectivity index (χ1) is 6.83. The van der Waals surface area contributed by atoms with Crippen molar-refractivity contribution in [2.24, 2.45) is 5.41 Å². The minimum atomic E-state index is -0.241. The van der Waals surface area contributed by atoms with E-state index in [9.17, 15) is 9.90 Å². The van der Waals surface area contributed by atoms with Crippen molar-refractivity contribution in [2.75, 3.05) is 0 Å². The maximum absolute atomic E-state index is 10.9. The van der Waals surface area contributed by atoms with Gasteiger partial charge < -0.3 is 5.11 Å². The van der Waals surface area contributed by atoms with Gasteiger partial charge in [-0.25, -0.2) is 0 Å². The van der Waals surface area contributed by atoms with Gasteiger partial charge in [-0.2, -0.15) is 0 Å². The Morgan fingerprint density at radius 3 is 2.60 bits per heavy atom. The molecular weight excluding hydrogens is 188 g/mol. The summed E-state index contributed by atoms with van der Waals surface area (Å²) in [5, 5.41) is 9.69. The number of hydrogen-bond acceptors (Lipinski definition) is 2. The molecule has 1 N–H and O–H groups in total. The molecule has 1 rings (SSSR count). The highest BCUT2D eigenvalue weighted by Gasteiger charge is 2.31. The third-order valence-corrected chi connectivity index (χ3v) is 2.96. The predicted octanol–water partition coefficient (Wildman–Crippen LogP) is 2.63. The van der Waals surface area contributed by atoms with Crippen LogP contribution in [0.2, 0.25) is 0 Å². The van der Waals surface area contributed by atoms with Gasteiger partial charge in [-0.15, -0.1) is 0 Å². The third kappa shape index (κ3) is 3.03. The zero-order valence-electron chi connectivity index (χ0n) is 10.0. The van der Waals surface area contributed by atoms with Crippen molar-refractivity contribution in [1.82, 2.24) is 0 Å². The van der Waals surface area contributed by atoms with Crippen molar-refractivity contribution >= 4 is 5.78 Å². The minimum Gasteiger partial charge on any atom is -0.393 e. The SMILES string of the molecule is CC(=O)C=CC1=C(C)CC(O)CC1(C)C. The molecule has 0 fully saturated rings. The lowest BCUT2D eigenvalue weighted by molar-refractivity contribution is -0.112. The molecular formula is C13H20O2. The van der Waals surface area contributed by atoms with E-state index < -0.39 is 0 Å². The van der Waals surface area contributed by atoms with Crippen molar-refractivity contribution in [3.8, 4) is 0 Å². The molecule has 0 radical (unpaired) electrons. The maximum Gasteiger partial charge on any atom is 0.152 e. The molecule has 1 unspecified atom stereocenters. The summed E-state index contributed by atoms with van der Waals surface area (Å²) < 4.78 is 0. The van der Waals surface area contributed by atoms with Gasteiger partial charge in [-0.05, 0) is 43.8 Å². The molecule has 0 saturated heterocycles. The standard InChI is InChI=1S/C13H20O2/c1-9-7-11(15)8-13(3,4)12(9)6-5-10(2)14/h5-6,11,15H,7-8H2,1-4H3. The maximum atomic E-state index is 10.9. The van der Waals surface area contributed by atoms with Crippen LogP contribution >= 0.6 is 0 Å². The molecule has 0 bridgehead atoms. The first-order valence-corrected chi connectivity index (χ1v) is 5.40. The molecule has 0 heterocycles. The Morgan fingerprint density at radius 2 is 2.13 bits per heavy atom. The van der Waals surface area contributed by atoms with Gasteiger partial charge in [0.25, 0.3) is 0 Å². The van der Waals surface area contributed by atoms with Crippen LogP contribution in [0.4, 0.5) is 0 Å². The fourth-order valence-corrected chi connectivity index (χ4v) is 2.38. The van der Waals surface area contributed by atoms with Crippen LogP contribution in [0.25, 0.3) is 0 Å². The van der Waals surface area contributed by atoms with E-state index >= 15 is 0 Å². The van der Waals surface area contributed by atoms with E-state index in [1.165, 1.54) is 11.1 Å². The van der Waals surface area contributed by atoms with Crippen LogP contribution < -0.4 is 0 Å². The second-order valence-electron chi connectivity index (χ2n) is 5.08. The van der Waals surface area contributed by atoms with Gasteiger partial charge in [0, 0.05) is 0 Å². The average Bonchev–Trinajstić information content (AvgIpc) is 1.98. The second-order valence-corrected chi connectivity index (χ2v) is 5.08.